The third kappa shape index (κ3) is 3.14. The number of hydrogen-bond acceptors (Lipinski definition) is 3. The number of aryl methyl sites for hydroxylation is 2. The fraction of sp³-hybridized carbons (Fsp3) is 0.706. The largest absolute Gasteiger partial charge is 0.453 e. The molecular formula is C17H28N2O3. The molecule has 1 saturated heterocycles. The number of amides is 1. The summed E-state index contributed by atoms with van der Waals surface area (Å²) in [5.74, 6) is 0. The van der Waals surface area contributed by atoms with Crippen LogP contribution in [0.3, 0.4) is 0 Å². The van der Waals surface area contributed by atoms with Crippen molar-refractivity contribution < 1.29 is 14.3 Å². The maximum absolute atomic E-state index is 12.3. The summed E-state index contributed by atoms with van der Waals surface area (Å²) in [6.45, 7) is 8.86. The van der Waals surface area contributed by atoms with E-state index >= 15 is 0 Å². The summed E-state index contributed by atoms with van der Waals surface area (Å²) in [4.78, 5) is 14.1. The Morgan fingerprint density at radius 3 is 2.68 bits per heavy atom. The number of methoxy groups -OCH3 is 1. The van der Waals surface area contributed by atoms with Crippen molar-refractivity contribution in [3.63, 3.8) is 0 Å². The van der Waals surface area contributed by atoms with Gasteiger partial charge in [-0.25, -0.2) is 4.79 Å². The monoisotopic (exact) mass is 308 g/mol. The molecule has 0 radical (unpaired) electrons. The molecule has 1 amide bonds. The Hall–Kier alpha value is -1.49. The molecule has 5 heteroatoms. The highest BCUT2D eigenvalue weighted by molar-refractivity contribution is 5.69. The topological polar surface area (TPSA) is 43.7 Å². The van der Waals surface area contributed by atoms with Crippen LogP contribution in [0, 0.1) is 5.41 Å². The average molecular weight is 308 g/mol. The van der Waals surface area contributed by atoms with Gasteiger partial charge in [-0.2, -0.15) is 0 Å². The Bertz CT molecular complexity index is 532. The first-order chi connectivity index (χ1) is 10.2. The van der Waals surface area contributed by atoms with Crippen LogP contribution in [0.1, 0.15) is 39.8 Å². The second-order valence-electron chi connectivity index (χ2n) is 7.48. The van der Waals surface area contributed by atoms with Gasteiger partial charge in [-0.15, -0.1) is 0 Å². The lowest BCUT2D eigenvalue weighted by molar-refractivity contribution is -0.0463. The molecular weight excluding hydrogens is 280 g/mol. The van der Waals surface area contributed by atoms with E-state index in [1.807, 2.05) is 19.3 Å². The molecule has 0 aliphatic carbocycles. The second-order valence-corrected chi connectivity index (χ2v) is 7.48. The van der Waals surface area contributed by atoms with Crippen LogP contribution in [-0.4, -0.2) is 41.0 Å². The summed E-state index contributed by atoms with van der Waals surface area (Å²) in [6.07, 6.45) is 3.20. The number of aromatic nitrogens is 1. The van der Waals surface area contributed by atoms with Gasteiger partial charge >= 0.3 is 6.09 Å². The van der Waals surface area contributed by atoms with Crippen LogP contribution in [0.25, 0.3) is 0 Å². The molecule has 2 rings (SSSR count). The number of nitrogens with zero attached hydrogens (tertiary/aromatic N) is 2. The van der Waals surface area contributed by atoms with Gasteiger partial charge in [0.25, 0.3) is 0 Å². The summed E-state index contributed by atoms with van der Waals surface area (Å²) in [6, 6.07) is 4.15. The molecule has 2 atom stereocenters. The van der Waals surface area contributed by atoms with Crippen LogP contribution in [0.4, 0.5) is 4.79 Å². The van der Waals surface area contributed by atoms with Crippen molar-refractivity contribution in [3.05, 3.63) is 24.0 Å². The molecule has 0 spiro atoms. The van der Waals surface area contributed by atoms with Gasteiger partial charge in [0.15, 0.2) is 0 Å². The normalized spacial score (nSPS) is 25.5. The highest BCUT2D eigenvalue weighted by Gasteiger charge is 2.51. The molecule has 1 aromatic rings. The van der Waals surface area contributed by atoms with Gasteiger partial charge in [0, 0.05) is 24.4 Å². The SMILES string of the molecule is COC(=O)N1[C@@H](C(C)(C)C)OC[C@@]1(C)CCc1cccn1C. The van der Waals surface area contributed by atoms with E-state index in [1.54, 1.807) is 4.90 Å². The van der Waals surface area contributed by atoms with E-state index < -0.39 is 0 Å². The van der Waals surface area contributed by atoms with Gasteiger partial charge in [0.1, 0.15) is 6.23 Å². The third-order valence-electron chi connectivity index (χ3n) is 4.45. The van der Waals surface area contributed by atoms with Crippen molar-refractivity contribution in [3.8, 4) is 0 Å². The van der Waals surface area contributed by atoms with E-state index in [1.165, 1.54) is 12.8 Å². The van der Waals surface area contributed by atoms with Crippen molar-refractivity contribution in [1.29, 1.82) is 0 Å². The lowest BCUT2D eigenvalue weighted by Gasteiger charge is -2.39. The van der Waals surface area contributed by atoms with E-state index in [0.717, 1.165) is 12.8 Å². The highest BCUT2D eigenvalue weighted by Crippen LogP contribution is 2.39. The van der Waals surface area contributed by atoms with E-state index in [0.29, 0.717) is 6.61 Å². The average Bonchev–Trinajstić information content (AvgIpc) is 2.99. The maximum Gasteiger partial charge on any atom is 0.412 e. The molecule has 2 heterocycles. The van der Waals surface area contributed by atoms with Gasteiger partial charge in [-0.1, -0.05) is 20.8 Å². The van der Waals surface area contributed by atoms with Crippen LogP contribution in [0.15, 0.2) is 18.3 Å². The summed E-state index contributed by atoms with van der Waals surface area (Å²) < 4.78 is 13.1. The van der Waals surface area contributed by atoms with E-state index in [4.69, 9.17) is 9.47 Å². The van der Waals surface area contributed by atoms with E-state index in [9.17, 15) is 4.79 Å². The summed E-state index contributed by atoms with van der Waals surface area (Å²) in [5.41, 5.74) is 0.747. The predicted molar refractivity (Wildman–Crippen MR) is 85.6 cm³/mol. The van der Waals surface area contributed by atoms with Gasteiger partial charge < -0.3 is 14.0 Å². The lowest BCUT2D eigenvalue weighted by atomic mass is 9.89. The van der Waals surface area contributed by atoms with Crippen LogP contribution in [0.5, 0.6) is 0 Å². The first-order valence-electron chi connectivity index (χ1n) is 7.78. The minimum Gasteiger partial charge on any atom is -0.453 e. The lowest BCUT2D eigenvalue weighted by Crippen LogP contribution is -2.53. The van der Waals surface area contributed by atoms with E-state index in [2.05, 4.69) is 38.3 Å². The molecule has 1 aromatic heterocycles. The van der Waals surface area contributed by atoms with Crippen LogP contribution in [-0.2, 0) is 22.9 Å². The molecule has 0 N–H and O–H groups in total. The van der Waals surface area contributed by atoms with Gasteiger partial charge in [-0.05, 0) is 31.9 Å². The smallest absolute Gasteiger partial charge is 0.412 e. The minimum atomic E-state index is -0.352. The van der Waals surface area contributed by atoms with Gasteiger partial charge in [0.05, 0.1) is 19.3 Å². The fourth-order valence-electron chi connectivity index (χ4n) is 3.08. The quantitative estimate of drug-likeness (QED) is 0.861. The van der Waals surface area contributed by atoms with Crippen molar-refractivity contribution in [1.82, 2.24) is 9.47 Å². The molecule has 1 fully saturated rings. The summed E-state index contributed by atoms with van der Waals surface area (Å²) in [7, 11) is 3.47. The van der Waals surface area contributed by atoms with Gasteiger partial charge in [0.2, 0.25) is 0 Å². The fourth-order valence-corrected chi connectivity index (χ4v) is 3.08. The standard InChI is InChI=1S/C17H28N2O3/c1-16(2,3)14-19(15(20)21-6)17(4,12-22-14)10-9-13-8-7-11-18(13)5/h7-8,11,14H,9-10,12H2,1-6H3/t14-,17-/m1/s1. The van der Waals surface area contributed by atoms with Crippen molar-refractivity contribution in [2.75, 3.05) is 13.7 Å². The Kier molecular flexibility index (Phi) is 4.57. The number of hydrogen-bond donors (Lipinski definition) is 0. The molecule has 124 valence electrons. The Balaban J connectivity index is 2.19. The van der Waals surface area contributed by atoms with Crippen molar-refractivity contribution in [2.24, 2.45) is 12.5 Å². The van der Waals surface area contributed by atoms with Gasteiger partial charge in [-0.3, -0.25) is 4.90 Å². The molecule has 1 aliphatic heterocycles. The highest BCUT2D eigenvalue weighted by atomic mass is 16.6. The summed E-state index contributed by atoms with van der Waals surface area (Å²) >= 11 is 0. The minimum absolute atomic E-state index is 0.156. The predicted octanol–water partition coefficient (Wildman–Crippen LogP) is 3.19. The first kappa shape index (κ1) is 16.9. The zero-order valence-electron chi connectivity index (χ0n) is 14.5. The molecule has 0 aromatic carbocycles. The molecule has 0 bridgehead atoms. The van der Waals surface area contributed by atoms with Crippen molar-refractivity contribution in [2.45, 2.75) is 52.3 Å². The Morgan fingerprint density at radius 1 is 1.50 bits per heavy atom. The van der Waals surface area contributed by atoms with Crippen LogP contribution >= 0.6 is 0 Å². The zero-order chi connectivity index (χ0) is 16.5. The number of carbonyl (C=O) groups excluding carboxylic acids is 1. The second kappa shape index (κ2) is 5.95. The Labute approximate surface area is 133 Å². The van der Waals surface area contributed by atoms with Crippen LogP contribution < -0.4 is 0 Å². The van der Waals surface area contributed by atoms with E-state index in [-0.39, 0.29) is 23.3 Å². The first-order valence-corrected chi connectivity index (χ1v) is 7.78. The maximum atomic E-state index is 12.3. The van der Waals surface area contributed by atoms with Crippen LogP contribution in [0.2, 0.25) is 0 Å². The number of carbonyl (C=O) groups is 1. The molecule has 0 unspecified atom stereocenters. The summed E-state index contributed by atoms with van der Waals surface area (Å²) in [5, 5.41) is 0. The number of rotatable bonds is 3. The third-order valence-corrected chi connectivity index (χ3v) is 4.45. The molecule has 1 aliphatic rings. The molecule has 5 nitrogen and oxygen atoms in total. The molecule has 0 saturated carbocycles. The van der Waals surface area contributed by atoms with Crippen molar-refractivity contribution >= 4 is 6.09 Å². The number of ether oxygens (including phenoxy) is 2. The Morgan fingerprint density at radius 2 is 2.18 bits per heavy atom. The molecule has 22 heavy (non-hydrogen) atoms. The zero-order valence-corrected chi connectivity index (χ0v) is 14.5.